The maximum Gasteiger partial charge on any atom is 0.241 e. The van der Waals surface area contributed by atoms with Gasteiger partial charge in [-0.3, -0.25) is 4.68 Å². The molecule has 0 unspecified atom stereocenters. The summed E-state index contributed by atoms with van der Waals surface area (Å²) in [6.07, 6.45) is 1.86. The lowest BCUT2D eigenvalue weighted by molar-refractivity contribution is 0.0111. The van der Waals surface area contributed by atoms with Crippen molar-refractivity contribution in [2.45, 2.75) is 64.0 Å². The molecule has 1 rings (SSSR count). The van der Waals surface area contributed by atoms with Crippen LogP contribution in [0.4, 0.5) is 0 Å². The molecule has 0 amide bonds. The number of ether oxygens (including phenoxy) is 1. The molecular weight excluding hydrogens is 278 g/mol. The number of hydrogen-bond acceptors (Lipinski definition) is 4. The maximum atomic E-state index is 11.8. The zero-order chi connectivity index (χ0) is 15.6. The molecule has 0 fully saturated rings. The molecule has 0 spiro atoms. The average molecular weight is 303 g/mol. The van der Waals surface area contributed by atoms with Crippen LogP contribution < -0.4 is 5.14 Å². The topological polar surface area (TPSA) is 87.2 Å². The van der Waals surface area contributed by atoms with E-state index in [1.807, 2.05) is 27.7 Å². The molecule has 6 nitrogen and oxygen atoms in total. The number of methoxy groups -OCH3 is 1. The molecule has 0 aliphatic carbocycles. The van der Waals surface area contributed by atoms with Crippen molar-refractivity contribution < 1.29 is 13.2 Å². The second kappa shape index (κ2) is 6.24. The maximum absolute atomic E-state index is 11.8. The Bertz CT molecular complexity index is 562. The van der Waals surface area contributed by atoms with Crippen molar-refractivity contribution in [2.24, 2.45) is 5.14 Å². The molecule has 2 N–H and O–H groups in total. The SMILES string of the molecule is CCc1nn(CCC(C)(C)OC)c(CC)c1S(N)(=O)=O. The summed E-state index contributed by atoms with van der Waals surface area (Å²) in [6.45, 7) is 8.36. The van der Waals surface area contributed by atoms with Crippen LogP contribution in [0.25, 0.3) is 0 Å². The number of nitrogens with two attached hydrogens (primary N) is 1. The second-order valence-corrected chi connectivity index (χ2v) is 6.91. The monoisotopic (exact) mass is 303 g/mol. The molecule has 116 valence electrons. The quantitative estimate of drug-likeness (QED) is 0.826. The van der Waals surface area contributed by atoms with Crippen LogP contribution in [-0.4, -0.2) is 30.9 Å². The van der Waals surface area contributed by atoms with Crippen molar-refractivity contribution in [1.82, 2.24) is 9.78 Å². The van der Waals surface area contributed by atoms with Crippen molar-refractivity contribution >= 4 is 10.0 Å². The normalized spacial score (nSPS) is 12.9. The molecule has 1 heterocycles. The lowest BCUT2D eigenvalue weighted by atomic mass is 10.1. The van der Waals surface area contributed by atoms with Crippen LogP contribution in [0.5, 0.6) is 0 Å². The van der Waals surface area contributed by atoms with Gasteiger partial charge < -0.3 is 4.74 Å². The minimum Gasteiger partial charge on any atom is -0.379 e. The molecule has 1 aromatic heterocycles. The van der Waals surface area contributed by atoms with Gasteiger partial charge in [0, 0.05) is 13.7 Å². The highest BCUT2D eigenvalue weighted by molar-refractivity contribution is 7.89. The predicted octanol–water partition coefficient (Wildman–Crippen LogP) is 1.47. The first kappa shape index (κ1) is 17.1. The third-order valence-corrected chi connectivity index (χ3v) is 4.55. The fraction of sp³-hybridized carbons (Fsp3) is 0.769. The molecular formula is C13H25N3O3S. The van der Waals surface area contributed by atoms with Gasteiger partial charge in [-0.15, -0.1) is 0 Å². The highest BCUT2D eigenvalue weighted by Crippen LogP contribution is 2.22. The fourth-order valence-corrected chi connectivity index (χ4v) is 3.19. The summed E-state index contributed by atoms with van der Waals surface area (Å²) in [5.41, 5.74) is 0.946. The number of rotatable bonds is 7. The van der Waals surface area contributed by atoms with Gasteiger partial charge in [0.15, 0.2) is 0 Å². The van der Waals surface area contributed by atoms with Gasteiger partial charge in [-0.1, -0.05) is 13.8 Å². The zero-order valence-electron chi connectivity index (χ0n) is 12.9. The predicted molar refractivity (Wildman–Crippen MR) is 78.1 cm³/mol. The summed E-state index contributed by atoms with van der Waals surface area (Å²) in [5.74, 6) is 0. The Morgan fingerprint density at radius 3 is 2.30 bits per heavy atom. The van der Waals surface area contributed by atoms with Crippen molar-refractivity contribution in [1.29, 1.82) is 0 Å². The van der Waals surface area contributed by atoms with E-state index < -0.39 is 10.0 Å². The van der Waals surface area contributed by atoms with Crippen LogP contribution in [0.15, 0.2) is 4.90 Å². The first-order chi connectivity index (χ1) is 9.16. The third-order valence-electron chi connectivity index (χ3n) is 3.51. The highest BCUT2D eigenvalue weighted by Gasteiger charge is 2.25. The highest BCUT2D eigenvalue weighted by atomic mass is 32.2. The number of primary sulfonamides is 1. The van der Waals surface area contributed by atoms with E-state index >= 15 is 0 Å². The summed E-state index contributed by atoms with van der Waals surface area (Å²) in [7, 11) is -2.08. The van der Waals surface area contributed by atoms with Gasteiger partial charge in [0.2, 0.25) is 10.0 Å². The summed E-state index contributed by atoms with van der Waals surface area (Å²) in [5, 5.41) is 9.73. The van der Waals surface area contributed by atoms with E-state index in [0.717, 1.165) is 6.42 Å². The lowest BCUT2D eigenvalue weighted by Crippen LogP contribution is -2.25. The van der Waals surface area contributed by atoms with Crippen LogP contribution in [0, 0.1) is 0 Å². The minimum atomic E-state index is -3.74. The average Bonchev–Trinajstić information content (AvgIpc) is 2.74. The summed E-state index contributed by atoms with van der Waals surface area (Å²) >= 11 is 0. The fourth-order valence-electron chi connectivity index (χ4n) is 2.10. The Morgan fingerprint density at radius 2 is 1.90 bits per heavy atom. The Balaban J connectivity index is 3.19. The number of aromatic nitrogens is 2. The number of sulfonamides is 1. The van der Waals surface area contributed by atoms with Gasteiger partial charge in [0.05, 0.1) is 17.0 Å². The molecule has 0 aromatic carbocycles. The second-order valence-electron chi connectivity index (χ2n) is 5.41. The molecule has 0 atom stereocenters. The molecule has 0 radical (unpaired) electrons. The zero-order valence-corrected chi connectivity index (χ0v) is 13.7. The molecule has 0 bridgehead atoms. The summed E-state index contributed by atoms with van der Waals surface area (Å²) in [4.78, 5) is 0.192. The molecule has 0 aliphatic rings. The van der Waals surface area contributed by atoms with Gasteiger partial charge in [-0.2, -0.15) is 5.10 Å². The molecule has 0 saturated carbocycles. The van der Waals surface area contributed by atoms with Crippen molar-refractivity contribution in [2.75, 3.05) is 7.11 Å². The van der Waals surface area contributed by atoms with E-state index in [1.54, 1.807) is 11.8 Å². The van der Waals surface area contributed by atoms with Gasteiger partial charge in [0.1, 0.15) is 4.90 Å². The van der Waals surface area contributed by atoms with E-state index in [0.29, 0.717) is 30.8 Å². The summed E-state index contributed by atoms with van der Waals surface area (Å²) in [6, 6.07) is 0. The van der Waals surface area contributed by atoms with Crippen LogP contribution in [0.1, 0.15) is 45.5 Å². The molecule has 7 heteroatoms. The van der Waals surface area contributed by atoms with Crippen LogP contribution in [-0.2, 0) is 34.1 Å². The largest absolute Gasteiger partial charge is 0.379 e. The van der Waals surface area contributed by atoms with Gasteiger partial charge >= 0.3 is 0 Å². The van der Waals surface area contributed by atoms with Crippen LogP contribution in [0.3, 0.4) is 0 Å². The van der Waals surface area contributed by atoms with Gasteiger partial charge in [0.25, 0.3) is 0 Å². The lowest BCUT2D eigenvalue weighted by Gasteiger charge is -2.23. The van der Waals surface area contributed by atoms with E-state index in [2.05, 4.69) is 5.10 Å². The Hall–Kier alpha value is -0.920. The first-order valence-electron chi connectivity index (χ1n) is 6.82. The Morgan fingerprint density at radius 1 is 1.30 bits per heavy atom. The van der Waals surface area contributed by atoms with Gasteiger partial charge in [-0.25, -0.2) is 13.6 Å². The van der Waals surface area contributed by atoms with E-state index in [9.17, 15) is 8.42 Å². The molecule has 0 saturated heterocycles. The smallest absolute Gasteiger partial charge is 0.241 e. The van der Waals surface area contributed by atoms with Crippen LogP contribution >= 0.6 is 0 Å². The standard InChI is InChI=1S/C13H25N3O3S/c1-6-10-12(20(14,17)18)11(7-2)16(15-10)9-8-13(3,4)19-5/h6-9H2,1-5H3,(H2,14,17,18). The number of aryl methyl sites for hydroxylation is 2. The first-order valence-corrected chi connectivity index (χ1v) is 8.37. The van der Waals surface area contributed by atoms with E-state index in [-0.39, 0.29) is 10.5 Å². The summed E-state index contributed by atoms with van der Waals surface area (Å²) < 4.78 is 30.7. The molecule has 1 aromatic rings. The van der Waals surface area contributed by atoms with Crippen molar-refractivity contribution in [3.63, 3.8) is 0 Å². The van der Waals surface area contributed by atoms with E-state index in [4.69, 9.17) is 9.88 Å². The van der Waals surface area contributed by atoms with E-state index in [1.165, 1.54) is 0 Å². The number of hydrogen-bond donors (Lipinski definition) is 1. The Kier molecular flexibility index (Phi) is 5.34. The van der Waals surface area contributed by atoms with Gasteiger partial charge in [-0.05, 0) is 33.1 Å². The Labute approximate surface area is 121 Å². The molecule has 0 aliphatic heterocycles. The molecule has 20 heavy (non-hydrogen) atoms. The number of nitrogens with zero attached hydrogens (tertiary/aromatic N) is 2. The van der Waals surface area contributed by atoms with Crippen molar-refractivity contribution in [3.05, 3.63) is 11.4 Å². The van der Waals surface area contributed by atoms with Crippen LogP contribution in [0.2, 0.25) is 0 Å². The minimum absolute atomic E-state index is 0.192. The van der Waals surface area contributed by atoms with Crippen molar-refractivity contribution in [3.8, 4) is 0 Å². The third kappa shape index (κ3) is 3.80.